The van der Waals surface area contributed by atoms with Gasteiger partial charge in [0.05, 0.1) is 7.11 Å². The third-order valence-corrected chi connectivity index (χ3v) is 5.34. The van der Waals surface area contributed by atoms with Crippen molar-refractivity contribution in [3.63, 3.8) is 0 Å². The van der Waals surface area contributed by atoms with Crippen molar-refractivity contribution >= 4 is 5.91 Å². The van der Waals surface area contributed by atoms with Gasteiger partial charge in [-0.15, -0.1) is 0 Å². The van der Waals surface area contributed by atoms with Crippen LogP contribution in [0.5, 0.6) is 5.75 Å². The van der Waals surface area contributed by atoms with E-state index in [0.29, 0.717) is 5.91 Å². The van der Waals surface area contributed by atoms with Crippen LogP contribution in [0.3, 0.4) is 0 Å². The van der Waals surface area contributed by atoms with E-state index in [1.807, 2.05) is 12.1 Å². The lowest BCUT2D eigenvalue weighted by Gasteiger charge is -2.37. The number of hydrogen-bond donors (Lipinski definition) is 0. The van der Waals surface area contributed by atoms with E-state index in [2.05, 4.69) is 33.9 Å². The summed E-state index contributed by atoms with van der Waals surface area (Å²) in [6.07, 6.45) is 1.95. The number of rotatable bonds is 4. The van der Waals surface area contributed by atoms with E-state index in [1.165, 1.54) is 5.56 Å². The molecule has 1 aromatic carbocycles. The van der Waals surface area contributed by atoms with Gasteiger partial charge in [-0.2, -0.15) is 0 Å². The first-order valence-electron chi connectivity index (χ1n) is 8.99. The van der Waals surface area contributed by atoms with Crippen molar-refractivity contribution in [1.29, 1.82) is 0 Å². The van der Waals surface area contributed by atoms with E-state index in [-0.39, 0.29) is 5.92 Å². The fraction of sp³-hybridized carbons (Fsp3) is 0.632. The van der Waals surface area contributed by atoms with Gasteiger partial charge in [-0.1, -0.05) is 18.2 Å². The highest BCUT2D eigenvalue weighted by Gasteiger charge is 2.30. The number of carbonyl (C=O) groups excluding carboxylic acids is 1. The normalized spacial score (nSPS) is 21.0. The molecule has 0 radical (unpaired) electrons. The Bertz CT molecular complexity index is 547. The van der Waals surface area contributed by atoms with Crippen molar-refractivity contribution in [2.45, 2.75) is 19.4 Å². The third-order valence-electron chi connectivity index (χ3n) is 5.34. The summed E-state index contributed by atoms with van der Waals surface area (Å²) in [4.78, 5) is 19.5. The van der Waals surface area contributed by atoms with Crippen LogP contribution in [-0.2, 0) is 11.3 Å². The van der Waals surface area contributed by atoms with Crippen LogP contribution in [0, 0.1) is 5.92 Å². The molecule has 24 heavy (non-hydrogen) atoms. The summed E-state index contributed by atoms with van der Waals surface area (Å²) in [7, 11) is 3.85. The van der Waals surface area contributed by atoms with Gasteiger partial charge in [0.25, 0.3) is 0 Å². The maximum atomic E-state index is 12.7. The highest BCUT2D eigenvalue weighted by molar-refractivity contribution is 5.79. The van der Waals surface area contributed by atoms with Crippen molar-refractivity contribution in [2.24, 2.45) is 5.92 Å². The molecule has 0 spiro atoms. The highest BCUT2D eigenvalue weighted by Crippen LogP contribution is 2.24. The predicted molar refractivity (Wildman–Crippen MR) is 95.1 cm³/mol. The molecule has 1 amide bonds. The molecule has 2 heterocycles. The number of nitrogens with zero attached hydrogens (tertiary/aromatic N) is 3. The van der Waals surface area contributed by atoms with Gasteiger partial charge in [0.1, 0.15) is 5.75 Å². The van der Waals surface area contributed by atoms with Gasteiger partial charge in [0.2, 0.25) is 5.91 Å². The molecular formula is C19H29N3O2. The quantitative estimate of drug-likeness (QED) is 0.841. The van der Waals surface area contributed by atoms with E-state index < -0.39 is 0 Å². The molecule has 5 heteroatoms. The molecule has 2 saturated heterocycles. The minimum atomic E-state index is 0.210. The van der Waals surface area contributed by atoms with Crippen LogP contribution < -0.4 is 4.74 Å². The van der Waals surface area contributed by atoms with Crippen LogP contribution in [-0.4, -0.2) is 74.0 Å². The summed E-state index contributed by atoms with van der Waals surface area (Å²) < 4.78 is 5.44. The lowest BCUT2D eigenvalue weighted by atomic mass is 9.94. The topological polar surface area (TPSA) is 36.0 Å². The summed E-state index contributed by atoms with van der Waals surface area (Å²) in [5.74, 6) is 1.54. The minimum absolute atomic E-state index is 0.210. The highest BCUT2D eigenvalue weighted by atomic mass is 16.5. The van der Waals surface area contributed by atoms with E-state index in [4.69, 9.17) is 4.74 Å². The van der Waals surface area contributed by atoms with Crippen molar-refractivity contribution in [2.75, 3.05) is 53.4 Å². The number of carbonyl (C=O) groups is 1. The second-order valence-electron chi connectivity index (χ2n) is 6.99. The number of likely N-dealkylation sites (N-methyl/N-ethyl adjacent to an activating group) is 1. The first kappa shape index (κ1) is 17.2. The number of likely N-dealkylation sites (tertiary alicyclic amines) is 1. The zero-order chi connectivity index (χ0) is 16.9. The zero-order valence-electron chi connectivity index (χ0n) is 14.9. The fourth-order valence-electron chi connectivity index (χ4n) is 3.70. The van der Waals surface area contributed by atoms with Gasteiger partial charge in [0, 0.05) is 44.2 Å². The maximum absolute atomic E-state index is 12.7. The Labute approximate surface area is 145 Å². The Hall–Kier alpha value is -1.59. The number of piperidine rings is 1. The zero-order valence-corrected chi connectivity index (χ0v) is 14.9. The standard InChI is InChI=1S/C19H29N3O2/c1-20-11-13-22(14-12-20)19(23)16-7-9-21(10-8-16)15-17-5-3-4-6-18(17)24-2/h3-6,16H,7-15H2,1-2H3. The van der Waals surface area contributed by atoms with Gasteiger partial charge in [0.15, 0.2) is 0 Å². The van der Waals surface area contributed by atoms with Crippen molar-refractivity contribution in [3.8, 4) is 5.75 Å². The van der Waals surface area contributed by atoms with E-state index in [9.17, 15) is 4.79 Å². The van der Waals surface area contributed by atoms with E-state index in [0.717, 1.165) is 64.4 Å². The molecular weight excluding hydrogens is 302 g/mol. The monoisotopic (exact) mass is 331 g/mol. The van der Waals surface area contributed by atoms with Crippen molar-refractivity contribution < 1.29 is 9.53 Å². The molecule has 0 atom stereocenters. The van der Waals surface area contributed by atoms with Gasteiger partial charge in [-0.05, 0) is 39.0 Å². The lowest BCUT2D eigenvalue weighted by molar-refractivity contribution is -0.138. The molecule has 0 N–H and O–H groups in total. The Morgan fingerprint density at radius 2 is 1.75 bits per heavy atom. The van der Waals surface area contributed by atoms with Crippen LogP contribution in [0.4, 0.5) is 0 Å². The number of ether oxygens (including phenoxy) is 1. The van der Waals surface area contributed by atoms with Crippen LogP contribution in [0.2, 0.25) is 0 Å². The van der Waals surface area contributed by atoms with Crippen LogP contribution in [0.25, 0.3) is 0 Å². The average molecular weight is 331 g/mol. The summed E-state index contributed by atoms with van der Waals surface area (Å²) >= 11 is 0. The van der Waals surface area contributed by atoms with E-state index in [1.54, 1.807) is 7.11 Å². The van der Waals surface area contributed by atoms with Gasteiger partial charge in [-0.3, -0.25) is 9.69 Å². The van der Waals surface area contributed by atoms with Gasteiger partial charge >= 0.3 is 0 Å². The van der Waals surface area contributed by atoms with Crippen LogP contribution in [0.1, 0.15) is 18.4 Å². The first-order valence-corrected chi connectivity index (χ1v) is 8.99. The smallest absolute Gasteiger partial charge is 0.225 e. The molecule has 2 aliphatic rings. The number of benzene rings is 1. The van der Waals surface area contributed by atoms with Crippen molar-refractivity contribution in [3.05, 3.63) is 29.8 Å². The maximum Gasteiger partial charge on any atom is 0.225 e. The summed E-state index contributed by atoms with van der Waals surface area (Å²) in [5.41, 5.74) is 1.23. The van der Waals surface area contributed by atoms with Gasteiger partial charge in [-0.25, -0.2) is 0 Å². The molecule has 0 bridgehead atoms. The molecule has 5 nitrogen and oxygen atoms in total. The lowest BCUT2D eigenvalue weighted by Crippen LogP contribution is -2.50. The van der Waals surface area contributed by atoms with Crippen LogP contribution >= 0.6 is 0 Å². The van der Waals surface area contributed by atoms with Crippen molar-refractivity contribution in [1.82, 2.24) is 14.7 Å². The minimum Gasteiger partial charge on any atom is -0.496 e. The molecule has 2 aliphatic heterocycles. The second-order valence-corrected chi connectivity index (χ2v) is 6.99. The Morgan fingerprint density at radius 3 is 2.42 bits per heavy atom. The molecule has 0 saturated carbocycles. The number of piperazine rings is 1. The number of para-hydroxylation sites is 1. The second kappa shape index (κ2) is 7.99. The molecule has 2 fully saturated rings. The Balaban J connectivity index is 1.49. The average Bonchev–Trinajstić information content (AvgIpc) is 2.63. The molecule has 1 aromatic rings. The number of amides is 1. The number of methoxy groups -OCH3 is 1. The SMILES string of the molecule is COc1ccccc1CN1CCC(C(=O)N2CCN(C)CC2)CC1. The Kier molecular flexibility index (Phi) is 5.74. The summed E-state index contributed by atoms with van der Waals surface area (Å²) in [5, 5.41) is 0. The summed E-state index contributed by atoms with van der Waals surface area (Å²) in [6, 6.07) is 8.20. The number of hydrogen-bond acceptors (Lipinski definition) is 4. The largest absolute Gasteiger partial charge is 0.496 e. The Morgan fingerprint density at radius 1 is 1.08 bits per heavy atom. The van der Waals surface area contributed by atoms with Gasteiger partial charge < -0.3 is 14.5 Å². The van der Waals surface area contributed by atoms with Crippen LogP contribution in [0.15, 0.2) is 24.3 Å². The molecule has 3 rings (SSSR count). The molecule has 0 unspecified atom stereocenters. The molecule has 0 aromatic heterocycles. The summed E-state index contributed by atoms with van der Waals surface area (Å²) in [6.45, 7) is 6.65. The fourth-order valence-corrected chi connectivity index (χ4v) is 3.70. The third kappa shape index (κ3) is 4.08. The molecule has 132 valence electrons. The first-order chi connectivity index (χ1) is 11.7. The molecule has 0 aliphatic carbocycles. The van der Waals surface area contributed by atoms with E-state index >= 15 is 0 Å². The predicted octanol–water partition coefficient (Wildman–Crippen LogP) is 1.68.